The van der Waals surface area contributed by atoms with E-state index in [2.05, 4.69) is 0 Å². The molecule has 3 fully saturated rings. The molecule has 0 aromatic carbocycles. The molecule has 2 N–H and O–H groups in total. The van der Waals surface area contributed by atoms with E-state index < -0.39 is 17.6 Å². The Morgan fingerprint density at radius 1 is 1.05 bits per heavy atom. The summed E-state index contributed by atoms with van der Waals surface area (Å²) in [5.41, 5.74) is -1.16. The van der Waals surface area contributed by atoms with Crippen molar-refractivity contribution in [2.24, 2.45) is 11.8 Å². The standard InChI is InChI=1S/C15H23NO4/c17-13(18)15(9-11-5-6-11)7-1-2-12(8-10-3-4-10)16(15)14(19)20/h10-12H,1-9H2,(H,17,18)(H,19,20). The average Bonchev–Trinajstić information content (AvgIpc) is 3.24. The van der Waals surface area contributed by atoms with Crippen LogP contribution >= 0.6 is 0 Å². The number of nitrogens with zero attached hydrogens (tertiary/aromatic N) is 1. The molecule has 0 spiro atoms. The zero-order valence-corrected chi connectivity index (χ0v) is 11.8. The number of rotatable bonds is 5. The lowest BCUT2D eigenvalue weighted by Crippen LogP contribution is -2.63. The molecule has 5 heteroatoms. The molecule has 1 heterocycles. The Morgan fingerprint density at radius 3 is 2.20 bits per heavy atom. The number of amides is 1. The third-order valence-electron chi connectivity index (χ3n) is 5.18. The van der Waals surface area contributed by atoms with Crippen molar-refractivity contribution < 1.29 is 19.8 Å². The Kier molecular flexibility index (Phi) is 3.38. The number of aliphatic carboxylic acids is 1. The van der Waals surface area contributed by atoms with Crippen LogP contribution in [-0.4, -0.2) is 38.8 Å². The fraction of sp³-hybridized carbons (Fsp3) is 0.867. The summed E-state index contributed by atoms with van der Waals surface area (Å²) in [4.78, 5) is 25.0. The Morgan fingerprint density at radius 2 is 1.70 bits per heavy atom. The smallest absolute Gasteiger partial charge is 0.408 e. The van der Waals surface area contributed by atoms with Gasteiger partial charge in [0.25, 0.3) is 0 Å². The van der Waals surface area contributed by atoms with Crippen molar-refractivity contribution in [3.63, 3.8) is 0 Å². The van der Waals surface area contributed by atoms with Crippen LogP contribution in [0.4, 0.5) is 4.79 Å². The van der Waals surface area contributed by atoms with Gasteiger partial charge in [0.1, 0.15) is 5.54 Å². The summed E-state index contributed by atoms with van der Waals surface area (Å²) in [6, 6.07) is -0.0939. The van der Waals surface area contributed by atoms with E-state index in [0.717, 1.165) is 32.1 Å². The first kappa shape index (κ1) is 13.7. The molecule has 0 radical (unpaired) electrons. The molecule has 0 bridgehead atoms. The molecule has 112 valence electrons. The zero-order valence-electron chi connectivity index (χ0n) is 11.8. The monoisotopic (exact) mass is 281 g/mol. The Bertz CT molecular complexity index is 416. The first-order valence-corrected chi connectivity index (χ1v) is 7.78. The van der Waals surface area contributed by atoms with Crippen LogP contribution in [0, 0.1) is 11.8 Å². The van der Waals surface area contributed by atoms with Gasteiger partial charge in [-0.3, -0.25) is 4.90 Å². The number of piperidine rings is 1. The van der Waals surface area contributed by atoms with Gasteiger partial charge in [0.15, 0.2) is 0 Å². The second-order valence-electron chi connectivity index (χ2n) is 6.86. The molecule has 5 nitrogen and oxygen atoms in total. The molecule has 1 amide bonds. The molecule has 2 saturated carbocycles. The van der Waals surface area contributed by atoms with E-state index in [1.807, 2.05) is 0 Å². The fourth-order valence-corrected chi connectivity index (χ4v) is 3.83. The highest BCUT2D eigenvalue weighted by Gasteiger charge is 2.54. The molecule has 1 saturated heterocycles. The van der Waals surface area contributed by atoms with Crippen LogP contribution in [0.5, 0.6) is 0 Å². The van der Waals surface area contributed by atoms with Gasteiger partial charge in [-0.2, -0.15) is 0 Å². The third-order valence-corrected chi connectivity index (χ3v) is 5.18. The van der Waals surface area contributed by atoms with Gasteiger partial charge >= 0.3 is 12.1 Å². The first-order chi connectivity index (χ1) is 9.53. The van der Waals surface area contributed by atoms with Crippen LogP contribution in [0.1, 0.15) is 57.8 Å². The summed E-state index contributed by atoms with van der Waals surface area (Å²) >= 11 is 0. The summed E-state index contributed by atoms with van der Waals surface area (Å²) in [5, 5.41) is 19.4. The summed E-state index contributed by atoms with van der Waals surface area (Å²) in [5.74, 6) is 0.0901. The van der Waals surface area contributed by atoms with E-state index in [-0.39, 0.29) is 6.04 Å². The number of likely N-dealkylation sites (tertiary alicyclic amines) is 1. The zero-order chi connectivity index (χ0) is 14.3. The summed E-state index contributed by atoms with van der Waals surface area (Å²) in [6.07, 6.45) is 6.90. The lowest BCUT2D eigenvalue weighted by molar-refractivity contribution is -0.156. The molecular formula is C15H23NO4. The lowest BCUT2D eigenvalue weighted by atomic mass is 9.78. The Hall–Kier alpha value is -1.26. The fourth-order valence-electron chi connectivity index (χ4n) is 3.83. The molecule has 0 aromatic heterocycles. The van der Waals surface area contributed by atoms with Crippen molar-refractivity contribution in [1.29, 1.82) is 0 Å². The molecule has 0 aromatic rings. The maximum atomic E-state index is 11.9. The van der Waals surface area contributed by atoms with Crippen LogP contribution in [-0.2, 0) is 4.79 Å². The van der Waals surface area contributed by atoms with Crippen LogP contribution in [0.15, 0.2) is 0 Å². The topological polar surface area (TPSA) is 77.8 Å². The maximum Gasteiger partial charge on any atom is 0.408 e. The maximum absolute atomic E-state index is 11.9. The second-order valence-corrected chi connectivity index (χ2v) is 6.86. The van der Waals surface area contributed by atoms with E-state index in [4.69, 9.17) is 0 Å². The minimum atomic E-state index is -1.16. The van der Waals surface area contributed by atoms with E-state index in [0.29, 0.717) is 24.7 Å². The van der Waals surface area contributed by atoms with Crippen LogP contribution in [0.25, 0.3) is 0 Å². The van der Waals surface area contributed by atoms with Crippen molar-refractivity contribution in [3.8, 4) is 0 Å². The SMILES string of the molecule is O=C(O)N1C(CC2CC2)CCCC1(CC1CC1)C(=O)O. The lowest BCUT2D eigenvalue weighted by Gasteiger charge is -2.47. The van der Waals surface area contributed by atoms with Crippen LogP contribution in [0.2, 0.25) is 0 Å². The van der Waals surface area contributed by atoms with Crippen molar-refractivity contribution in [2.45, 2.75) is 69.4 Å². The highest BCUT2D eigenvalue weighted by atomic mass is 16.4. The molecule has 2 atom stereocenters. The van der Waals surface area contributed by atoms with Gasteiger partial charge < -0.3 is 10.2 Å². The van der Waals surface area contributed by atoms with Gasteiger partial charge in [-0.05, 0) is 43.9 Å². The molecule has 1 aliphatic heterocycles. The number of hydrogen-bond acceptors (Lipinski definition) is 2. The minimum Gasteiger partial charge on any atom is -0.479 e. The minimum absolute atomic E-state index is 0.0939. The molecular weight excluding hydrogens is 258 g/mol. The molecule has 20 heavy (non-hydrogen) atoms. The third kappa shape index (κ3) is 2.50. The van der Waals surface area contributed by atoms with Crippen LogP contribution in [0.3, 0.4) is 0 Å². The van der Waals surface area contributed by atoms with E-state index in [9.17, 15) is 19.8 Å². The van der Waals surface area contributed by atoms with Gasteiger partial charge in [0, 0.05) is 6.04 Å². The molecule has 3 rings (SSSR count). The number of carboxylic acid groups (broad SMARTS) is 2. The number of carbonyl (C=O) groups is 2. The highest BCUT2D eigenvalue weighted by molar-refractivity contribution is 5.84. The normalized spacial score (nSPS) is 34.0. The van der Waals surface area contributed by atoms with Gasteiger partial charge in [-0.15, -0.1) is 0 Å². The average molecular weight is 281 g/mol. The van der Waals surface area contributed by atoms with E-state index in [1.54, 1.807) is 0 Å². The highest BCUT2D eigenvalue weighted by Crippen LogP contribution is 2.46. The predicted molar refractivity (Wildman–Crippen MR) is 72.6 cm³/mol. The van der Waals surface area contributed by atoms with Crippen molar-refractivity contribution in [1.82, 2.24) is 4.90 Å². The van der Waals surface area contributed by atoms with E-state index >= 15 is 0 Å². The van der Waals surface area contributed by atoms with E-state index in [1.165, 1.54) is 17.7 Å². The molecule has 2 aliphatic carbocycles. The number of carboxylic acids is 1. The quantitative estimate of drug-likeness (QED) is 0.812. The predicted octanol–water partition coefficient (Wildman–Crippen LogP) is 2.94. The number of hydrogen-bond donors (Lipinski definition) is 2. The van der Waals surface area contributed by atoms with Crippen molar-refractivity contribution in [2.75, 3.05) is 0 Å². The molecule has 2 unspecified atom stereocenters. The van der Waals surface area contributed by atoms with Gasteiger partial charge in [0.05, 0.1) is 0 Å². The van der Waals surface area contributed by atoms with Gasteiger partial charge in [-0.25, -0.2) is 9.59 Å². The van der Waals surface area contributed by atoms with Crippen molar-refractivity contribution in [3.05, 3.63) is 0 Å². The summed E-state index contributed by atoms with van der Waals surface area (Å²) in [7, 11) is 0. The van der Waals surface area contributed by atoms with Gasteiger partial charge in [-0.1, -0.05) is 25.7 Å². The molecule has 3 aliphatic rings. The Balaban J connectivity index is 1.86. The summed E-state index contributed by atoms with van der Waals surface area (Å²) in [6.45, 7) is 0. The van der Waals surface area contributed by atoms with Gasteiger partial charge in [0.2, 0.25) is 0 Å². The Labute approximate surface area is 119 Å². The largest absolute Gasteiger partial charge is 0.479 e. The van der Waals surface area contributed by atoms with Crippen molar-refractivity contribution >= 4 is 12.1 Å². The van der Waals surface area contributed by atoms with Crippen LogP contribution < -0.4 is 0 Å². The summed E-state index contributed by atoms with van der Waals surface area (Å²) < 4.78 is 0. The second kappa shape index (κ2) is 4.93. The first-order valence-electron chi connectivity index (χ1n) is 7.78.